The summed E-state index contributed by atoms with van der Waals surface area (Å²) < 4.78 is 56.8. The number of ether oxygens (including phenoxy) is 1. The predicted molar refractivity (Wildman–Crippen MR) is 131 cm³/mol. The van der Waals surface area contributed by atoms with Crippen molar-refractivity contribution < 1.29 is 31.9 Å². The monoisotopic (exact) mass is 536 g/mol. The molecule has 1 aromatic heterocycles. The molecule has 0 radical (unpaired) electrons. The van der Waals surface area contributed by atoms with E-state index in [1.165, 1.54) is 25.1 Å². The number of carbonyl (C=O) groups is 2. The third-order valence-electron chi connectivity index (χ3n) is 4.91. The van der Waals surface area contributed by atoms with Crippen LogP contribution in [0.1, 0.15) is 34.2 Å². The maximum Gasteiger partial charge on any atom is 0.573 e. The Hall–Kier alpha value is -4.12. The molecule has 0 atom stereocenters. The Kier molecular flexibility index (Phi) is 8.38. The van der Waals surface area contributed by atoms with Gasteiger partial charge in [-0.15, -0.1) is 13.2 Å². The minimum atomic E-state index is -4.93. The van der Waals surface area contributed by atoms with E-state index in [0.717, 1.165) is 18.2 Å². The third-order valence-corrected chi connectivity index (χ3v) is 5.24. The zero-order valence-electron chi connectivity index (χ0n) is 19.6. The van der Waals surface area contributed by atoms with E-state index in [2.05, 4.69) is 26.9 Å². The zero-order valence-corrected chi connectivity index (χ0v) is 20.4. The van der Waals surface area contributed by atoms with Gasteiger partial charge in [-0.3, -0.25) is 9.59 Å². The number of benzene rings is 2. The number of aromatic nitrogens is 2. The van der Waals surface area contributed by atoms with Crippen LogP contribution in [0.4, 0.5) is 23.4 Å². The van der Waals surface area contributed by atoms with Crippen molar-refractivity contribution in [3.8, 4) is 5.75 Å². The first kappa shape index (κ1) is 27.5. The standard InChI is InChI=1S/C25H21ClF4N4O3/c1-14(4-9-23-33-22(13-34(23)3)32-15(2)35)19-11-16(5-7-20(19)26)24(36)31-12-17-10-18(6-8-21(17)27)37-25(28,29)30/h4-11,13H,1,12H2,2-3H3,(H,31,36)(H,32,35)/b9-4-. The number of anilines is 1. The normalized spacial score (nSPS) is 11.4. The Morgan fingerprint density at radius 2 is 1.95 bits per heavy atom. The van der Waals surface area contributed by atoms with Gasteiger partial charge in [0.2, 0.25) is 5.91 Å². The van der Waals surface area contributed by atoms with Gasteiger partial charge in [0.05, 0.1) is 0 Å². The van der Waals surface area contributed by atoms with E-state index in [-0.39, 0.29) is 23.6 Å². The number of halogens is 5. The van der Waals surface area contributed by atoms with Gasteiger partial charge in [-0.05, 0) is 48.0 Å². The SMILES string of the molecule is C=C(/C=C\c1nc(NC(C)=O)cn1C)c1cc(C(=O)NCc2cc(OC(F)(F)F)ccc2F)ccc1Cl. The van der Waals surface area contributed by atoms with Gasteiger partial charge in [0.15, 0.2) is 5.82 Å². The van der Waals surface area contributed by atoms with E-state index in [0.29, 0.717) is 27.8 Å². The van der Waals surface area contributed by atoms with Crippen LogP contribution in [-0.2, 0) is 18.4 Å². The summed E-state index contributed by atoms with van der Waals surface area (Å²) in [6, 6.07) is 6.92. The highest BCUT2D eigenvalue weighted by Gasteiger charge is 2.31. The number of hydrogen-bond acceptors (Lipinski definition) is 4. The maximum absolute atomic E-state index is 14.0. The molecule has 0 spiro atoms. The molecule has 0 aliphatic carbocycles. The van der Waals surface area contributed by atoms with Crippen LogP contribution < -0.4 is 15.4 Å². The number of imidazole rings is 1. The molecular formula is C25H21ClF4N4O3. The Labute approximate surface area is 214 Å². The van der Waals surface area contributed by atoms with Crippen LogP contribution in [0, 0.1) is 5.82 Å². The average molecular weight is 537 g/mol. The molecule has 0 aliphatic heterocycles. The average Bonchev–Trinajstić information content (AvgIpc) is 3.14. The van der Waals surface area contributed by atoms with Gasteiger partial charge < -0.3 is 19.9 Å². The van der Waals surface area contributed by atoms with Crippen molar-refractivity contribution in [3.63, 3.8) is 0 Å². The van der Waals surface area contributed by atoms with Crippen molar-refractivity contribution >= 4 is 40.9 Å². The van der Waals surface area contributed by atoms with Crippen LogP contribution in [-0.4, -0.2) is 27.7 Å². The van der Waals surface area contributed by atoms with Gasteiger partial charge in [-0.25, -0.2) is 9.37 Å². The summed E-state index contributed by atoms with van der Waals surface area (Å²) in [6.45, 7) is 4.95. The van der Waals surface area contributed by atoms with Crippen LogP contribution in [0.5, 0.6) is 5.75 Å². The minimum absolute atomic E-state index is 0.169. The molecule has 0 unspecified atom stereocenters. The Morgan fingerprint density at radius 1 is 1.22 bits per heavy atom. The van der Waals surface area contributed by atoms with E-state index in [4.69, 9.17) is 11.6 Å². The molecule has 0 aliphatic rings. The molecule has 3 aromatic rings. The van der Waals surface area contributed by atoms with Gasteiger partial charge >= 0.3 is 6.36 Å². The summed E-state index contributed by atoms with van der Waals surface area (Å²) in [5.74, 6) is -1.38. The Balaban J connectivity index is 1.72. The molecule has 2 N–H and O–H groups in total. The molecular weight excluding hydrogens is 516 g/mol. The minimum Gasteiger partial charge on any atom is -0.406 e. The number of rotatable bonds is 8. The molecule has 0 saturated carbocycles. The number of carbonyl (C=O) groups excluding carboxylic acids is 2. The lowest BCUT2D eigenvalue weighted by Gasteiger charge is -2.12. The van der Waals surface area contributed by atoms with E-state index in [9.17, 15) is 27.2 Å². The molecule has 0 saturated heterocycles. The second-order valence-electron chi connectivity index (χ2n) is 7.81. The highest BCUT2D eigenvalue weighted by atomic mass is 35.5. The van der Waals surface area contributed by atoms with Crippen LogP contribution >= 0.6 is 11.6 Å². The van der Waals surface area contributed by atoms with Crippen molar-refractivity contribution in [1.82, 2.24) is 14.9 Å². The number of allylic oxidation sites excluding steroid dienone is 2. The van der Waals surface area contributed by atoms with Crippen LogP contribution in [0.25, 0.3) is 11.6 Å². The number of aryl methyl sites for hydroxylation is 1. The second-order valence-corrected chi connectivity index (χ2v) is 8.22. The summed E-state index contributed by atoms with van der Waals surface area (Å²) in [5.41, 5.74) is 0.868. The lowest BCUT2D eigenvalue weighted by Crippen LogP contribution is -2.23. The molecule has 12 heteroatoms. The first-order valence-electron chi connectivity index (χ1n) is 10.6. The molecule has 7 nitrogen and oxygen atoms in total. The van der Waals surface area contributed by atoms with E-state index >= 15 is 0 Å². The van der Waals surface area contributed by atoms with Crippen LogP contribution in [0.2, 0.25) is 5.02 Å². The molecule has 2 amide bonds. The molecule has 194 valence electrons. The van der Waals surface area contributed by atoms with Gasteiger partial charge in [0, 0.05) is 48.4 Å². The van der Waals surface area contributed by atoms with Crippen molar-refractivity contribution in [2.45, 2.75) is 19.8 Å². The molecule has 37 heavy (non-hydrogen) atoms. The molecule has 0 fully saturated rings. The highest BCUT2D eigenvalue weighted by Crippen LogP contribution is 2.27. The fraction of sp³-hybridized carbons (Fsp3) is 0.160. The highest BCUT2D eigenvalue weighted by molar-refractivity contribution is 6.32. The van der Waals surface area contributed by atoms with Gasteiger partial charge in [-0.2, -0.15) is 0 Å². The molecule has 2 aromatic carbocycles. The van der Waals surface area contributed by atoms with Crippen molar-refractivity contribution in [3.05, 3.63) is 88.6 Å². The summed E-state index contributed by atoms with van der Waals surface area (Å²) in [6.07, 6.45) is -0.0196. The Morgan fingerprint density at radius 3 is 2.62 bits per heavy atom. The smallest absolute Gasteiger partial charge is 0.406 e. The third kappa shape index (κ3) is 7.68. The largest absolute Gasteiger partial charge is 0.573 e. The maximum atomic E-state index is 14.0. The predicted octanol–water partition coefficient (Wildman–Crippen LogP) is 5.73. The Bertz CT molecular complexity index is 1380. The second kappa shape index (κ2) is 11.3. The molecule has 0 bridgehead atoms. The molecule has 1 heterocycles. The quantitative estimate of drug-likeness (QED) is 0.284. The van der Waals surface area contributed by atoms with E-state index < -0.39 is 23.8 Å². The number of nitrogens with zero attached hydrogens (tertiary/aromatic N) is 2. The summed E-state index contributed by atoms with van der Waals surface area (Å²) in [5, 5.41) is 5.36. The topological polar surface area (TPSA) is 85.2 Å². The van der Waals surface area contributed by atoms with E-state index in [1.54, 1.807) is 30.0 Å². The van der Waals surface area contributed by atoms with Gasteiger partial charge in [0.1, 0.15) is 17.4 Å². The fourth-order valence-corrected chi connectivity index (χ4v) is 3.45. The summed E-state index contributed by atoms with van der Waals surface area (Å²) in [4.78, 5) is 28.1. The fourth-order valence-electron chi connectivity index (χ4n) is 3.21. The van der Waals surface area contributed by atoms with Crippen LogP contribution in [0.15, 0.2) is 55.3 Å². The lowest BCUT2D eigenvalue weighted by molar-refractivity contribution is -0.274. The zero-order chi connectivity index (χ0) is 27.3. The first-order valence-corrected chi connectivity index (χ1v) is 11.0. The summed E-state index contributed by atoms with van der Waals surface area (Å²) >= 11 is 6.28. The first-order chi connectivity index (χ1) is 17.3. The van der Waals surface area contributed by atoms with Gasteiger partial charge in [-0.1, -0.05) is 24.3 Å². The summed E-state index contributed by atoms with van der Waals surface area (Å²) in [7, 11) is 1.74. The molecule has 3 rings (SSSR count). The number of alkyl halides is 3. The van der Waals surface area contributed by atoms with Crippen molar-refractivity contribution in [2.75, 3.05) is 5.32 Å². The number of nitrogens with one attached hydrogen (secondary N) is 2. The van der Waals surface area contributed by atoms with Crippen molar-refractivity contribution in [1.29, 1.82) is 0 Å². The number of amides is 2. The van der Waals surface area contributed by atoms with E-state index in [1.807, 2.05) is 0 Å². The van der Waals surface area contributed by atoms with Gasteiger partial charge in [0.25, 0.3) is 5.91 Å². The number of hydrogen-bond donors (Lipinski definition) is 2. The lowest BCUT2D eigenvalue weighted by atomic mass is 10.0. The van der Waals surface area contributed by atoms with Crippen molar-refractivity contribution in [2.24, 2.45) is 7.05 Å². The van der Waals surface area contributed by atoms with Crippen LogP contribution in [0.3, 0.4) is 0 Å².